The standard InChI is InChI=1S/C10H18N2O3S/c1-8(13)12-5-3-9-7-11(2)16(14,15)10(9)4-6-12/h9-10H,3-7H2,1-2H3/t9-,10-/m1/s1. The highest BCUT2D eigenvalue weighted by atomic mass is 32.2. The highest BCUT2D eigenvalue weighted by Gasteiger charge is 2.45. The molecule has 0 spiro atoms. The summed E-state index contributed by atoms with van der Waals surface area (Å²) in [4.78, 5) is 13.0. The van der Waals surface area contributed by atoms with Gasteiger partial charge < -0.3 is 4.90 Å². The predicted octanol–water partition coefficient (Wildman–Crippen LogP) is -0.111. The molecule has 0 aromatic heterocycles. The summed E-state index contributed by atoms with van der Waals surface area (Å²) in [6.07, 6.45) is 1.38. The Morgan fingerprint density at radius 3 is 2.50 bits per heavy atom. The fraction of sp³-hybridized carbons (Fsp3) is 0.900. The monoisotopic (exact) mass is 246 g/mol. The Balaban J connectivity index is 2.16. The number of nitrogens with zero attached hydrogens (tertiary/aromatic N) is 2. The number of rotatable bonds is 0. The van der Waals surface area contributed by atoms with Crippen LogP contribution in [-0.4, -0.2) is 55.5 Å². The van der Waals surface area contributed by atoms with Gasteiger partial charge in [0.25, 0.3) is 0 Å². The number of fused-ring (bicyclic) bond motifs is 1. The van der Waals surface area contributed by atoms with Gasteiger partial charge in [0, 0.05) is 33.6 Å². The third kappa shape index (κ3) is 1.84. The molecule has 2 aliphatic heterocycles. The van der Waals surface area contributed by atoms with E-state index in [9.17, 15) is 13.2 Å². The van der Waals surface area contributed by atoms with E-state index in [2.05, 4.69) is 0 Å². The first-order chi connectivity index (χ1) is 7.43. The van der Waals surface area contributed by atoms with Crippen molar-refractivity contribution in [3.63, 3.8) is 0 Å². The molecule has 16 heavy (non-hydrogen) atoms. The molecule has 0 aliphatic carbocycles. The first kappa shape index (κ1) is 11.9. The van der Waals surface area contributed by atoms with Crippen LogP contribution >= 0.6 is 0 Å². The first-order valence-electron chi connectivity index (χ1n) is 5.63. The molecule has 0 radical (unpaired) electrons. The van der Waals surface area contributed by atoms with Crippen molar-refractivity contribution in [3.05, 3.63) is 0 Å². The van der Waals surface area contributed by atoms with Crippen LogP contribution < -0.4 is 0 Å². The summed E-state index contributed by atoms with van der Waals surface area (Å²) in [7, 11) is -1.46. The molecule has 0 bridgehead atoms. The minimum atomic E-state index is -3.10. The van der Waals surface area contributed by atoms with Gasteiger partial charge in [-0.25, -0.2) is 12.7 Å². The van der Waals surface area contributed by atoms with E-state index in [1.54, 1.807) is 18.9 Å². The number of likely N-dealkylation sites (tertiary alicyclic amines) is 1. The third-order valence-electron chi connectivity index (χ3n) is 3.73. The van der Waals surface area contributed by atoms with Crippen molar-refractivity contribution in [1.82, 2.24) is 9.21 Å². The molecule has 2 atom stereocenters. The third-order valence-corrected chi connectivity index (χ3v) is 6.14. The molecular formula is C10H18N2O3S. The van der Waals surface area contributed by atoms with E-state index in [0.29, 0.717) is 26.1 Å². The van der Waals surface area contributed by atoms with E-state index >= 15 is 0 Å². The maximum atomic E-state index is 12.0. The highest BCUT2D eigenvalue weighted by Crippen LogP contribution is 2.33. The SMILES string of the molecule is CC(=O)N1CC[C@@H]2CN(C)S(=O)(=O)[C@@H]2CC1. The predicted molar refractivity (Wildman–Crippen MR) is 60.3 cm³/mol. The van der Waals surface area contributed by atoms with E-state index < -0.39 is 10.0 Å². The lowest BCUT2D eigenvalue weighted by Crippen LogP contribution is -2.32. The Bertz CT molecular complexity index is 393. The van der Waals surface area contributed by atoms with Crippen LogP contribution in [0.1, 0.15) is 19.8 Å². The lowest BCUT2D eigenvalue weighted by atomic mass is 10.0. The van der Waals surface area contributed by atoms with Gasteiger partial charge in [0.2, 0.25) is 15.9 Å². The fourth-order valence-electron chi connectivity index (χ4n) is 2.72. The van der Waals surface area contributed by atoms with Gasteiger partial charge in [-0.3, -0.25) is 4.79 Å². The summed E-state index contributed by atoms with van der Waals surface area (Å²) in [5.74, 6) is 0.241. The second kappa shape index (κ2) is 4.00. The molecule has 2 fully saturated rings. The topological polar surface area (TPSA) is 57.7 Å². The average Bonchev–Trinajstić information content (AvgIpc) is 2.40. The quantitative estimate of drug-likeness (QED) is 0.599. The summed E-state index contributed by atoms with van der Waals surface area (Å²) in [6.45, 7) is 3.42. The summed E-state index contributed by atoms with van der Waals surface area (Å²) in [5.41, 5.74) is 0. The van der Waals surface area contributed by atoms with Gasteiger partial charge in [-0.1, -0.05) is 0 Å². The van der Waals surface area contributed by atoms with Gasteiger partial charge in [-0.2, -0.15) is 0 Å². The maximum Gasteiger partial charge on any atom is 0.219 e. The van der Waals surface area contributed by atoms with E-state index in [1.165, 1.54) is 4.31 Å². The Labute approximate surface area is 96.5 Å². The number of hydrogen-bond donors (Lipinski definition) is 0. The van der Waals surface area contributed by atoms with Gasteiger partial charge in [-0.05, 0) is 18.8 Å². The molecule has 0 aromatic rings. The zero-order chi connectivity index (χ0) is 11.9. The normalized spacial score (nSPS) is 34.5. The average molecular weight is 246 g/mol. The molecule has 2 saturated heterocycles. The molecule has 1 amide bonds. The molecule has 2 aliphatic rings. The number of amides is 1. The van der Waals surface area contributed by atoms with Gasteiger partial charge in [0.15, 0.2) is 0 Å². The van der Waals surface area contributed by atoms with Crippen molar-refractivity contribution >= 4 is 15.9 Å². The Hall–Kier alpha value is -0.620. The molecule has 5 nitrogen and oxygen atoms in total. The molecule has 6 heteroatoms. The van der Waals surface area contributed by atoms with Crippen molar-refractivity contribution in [2.24, 2.45) is 5.92 Å². The molecule has 0 aromatic carbocycles. The van der Waals surface area contributed by atoms with Crippen LogP contribution in [0.25, 0.3) is 0 Å². The van der Waals surface area contributed by atoms with E-state index in [1.807, 2.05) is 0 Å². The van der Waals surface area contributed by atoms with E-state index in [4.69, 9.17) is 0 Å². The van der Waals surface area contributed by atoms with Crippen molar-refractivity contribution in [3.8, 4) is 0 Å². The molecule has 2 heterocycles. The maximum absolute atomic E-state index is 12.0. The molecule has 0 saturated carbocycles. The van der Waals surface area contributed by atoms with Crippen LogP contribution in [-0.2, 0) is 14.8 Å². The van der Waals surface area contributed by atoms with Crippen LogP contribution in [0.3, 0.4) is 0 Å². The van der Waals surface area contributed by atoms with Gasteiger partial charge in [0.1, 0.15) is 0 Å². The smallest absolute Gasteiger partial charge is 0.219 e. The Morgan fingerprint density at radius 1 is 1.25 bits per heavy atom. The summed E-state index contributed by atoms with van der Waals surface area (Å²) >= 11 is 0. The van der Waals surface area contributed by atoms with Gasteiger partial charge in [-0.15, -0.1) is 0 Å². The number of sulfonamides is 1. The minimum Gasteiger partial charge on any atom is -0.343 e. The number of hydrogen-bond acceptors (Lipinski definition) is 3. The first-order valence-corrected chi connectivity index (χ1v) is 7.14. The molecule has 0 unspecified atom stereocenters. The molecule has 92 valence electrons. The van der Waals surface area contributed by atoms with Gasteiger partial charge in [0.05, 0.1) is 5.25 Å². The lowest BCUT2D eigenvalue weighted by molar-refractivity contribution is -0.128. The van der Waals surface area contributed by atoms with Crippen molar-refractivity contribution < 1.29 is 13.2 Å². The van der Waals surface area contributed by atoms with E-state index in [0.717, 1.165) is 6.42 Å². The van der Waals surface area contributed by atoms with Gasteiger partial charge >= 0.3 is 0 Å². The minimum absolute atomic E-state index is 0.0470. The molecular weight excluding hydrogens is 228 g/mol. The molecule has 0 N–H and O–H groups in total. The zero-order valence-electron chi connectivity index (χ0n) is 9.72. The summed E-state index contributed by atoms with van der Waals surface area (Å²) < 4.78 is 25.4. The van der Waals surface area contributed by atoms with Crippen LogP contribution in [0.4, 0.5) is 0 Å². The van der Waals surface area contributed by atoms with Crippen LogP contribution in [0.15, 0.2) is 0 Å². The number of carbonyl (C=O) groups excluding carboxylic acids is 1. The van der Waals surface area contributed by atoms with Crippen molar-refractivity contribution in [2.75, 3.05) is 26.7 Å². The summed E-state index contributed by atoms with van der Waals surface area (Å²) in [6, 6.07) is 0. The lowest BCUT2D eigenvalue weighted by Gasteiger charge is -2.19. The second-order valence-electron chi connectivity index (χ2n) is 4.71. The van der Waals surface area contributed by atoms with Crippen LogP contribution in [0.5, 0.6) is 0 Å². The number of carbonyl (C=O) groups is 1. The highest BCUT2D eigenvalue weighted by molar-refractivity contribution is 7.90. The Kier molecular flexibility index (Phi) is 2.96. The van der Waals surface area contributed by atoms with Crippen LogP contribution in [0, 0.1) is 5.92 Å². The molecule has 2 rings (SSSR count). The van der Waals surface area contributed by atoms with Crippen molar-refractivity contribution in [2.45, 2.75) is 25.0 Å². The van der Waals surface area contributed by atoms with Crippen molar-refractivity contribution in [1.29, 1.82) is 0 Å². The summed E-state index contributed by atoms with van der Waals surface area (Å²) in [5, 5.41) is -0.276. The van der Waals surface area contributed by atoms with E-state index in [-0.39, 0.29) is 17.1 Å². The Morgan fingerprint density at radius 2 is 1.88 bits per heavy atom. The van der Waals surface area contributed by atoms with Crippen LogP contribution in [0.2, 0.25) is 0 Å². The fourth-order valence-corrected chi connectivity index (χ4v) is 4.69. The zero-order valence-corrected chi connectivity index (χ0v) is 10.5. The largest absolute Gasteiger partial charge is 0.343 e. The second-order valence-corrected chi connectivity index (χ2v) is 6.97.